The summed E-state index contributed by atoms with van der Waals surface area (Å²) in [5.41, 5.74) is 14.4. The van der Waals surface area contributed by atoms with Crippen LogP contribution >= 0.6 is 45.9 Å². The molecule has 2 heterocycles. The van der Waals surface area contributed by atoms with Gasteiger partial charge in [0.2, 0.25) is 0 Å². The minimum atomic E-state index is -4.42. The molecule has 0 saturated heterocycles. The lowest BCUT2D eigenvalue weighted by atomic mass is 10.0. The van der Waals surface area contributed by atoms with E-state index < -0.39 is 22.7 Å². The fraction of sp³-hybridized carbons (Fsp3) is 0.242. The molecule has 0 aliphatic carbocycles. The van der Waals surface area contributed by atoms with Crippen LogP contribution in [0.2, 0.25) is 10.0 Å². The Morgan fingerprint density at radius 3 is 2.41 bits per heavy atom. The number of benzene rings is 2. The van der Waals surface area contributed by atoms with Crippen molar-refractivity contribution in [1.29, 1.82) is 0 Å². The number of nitrogens with zero attached hydrogens (tertiary/aromatic N) is 1. The van der Waals surface area contributed by atoms with E-state index in [4.69, 9.17) is 39.7 Å². The van der Waals surface area contributed by atoms with Crippen LogP contribution < -0.4 is 16.2 Å². The van der Waals surface area contributed by atoms with Crippen molar-refractivity contribution in [1.82, 2.24) is 4.72 Å². The molecule has 0 aliphatic rings. The van der Waals surface area contributed by atoms with Crippen LogP contribution in [0.15, 0.2) is 92.6 Å². The SMILES string of the molecule is NCCCCCC/C(N)=C(\CNS(=O)c1cccs1)C(=Nc1ccc(Cl)cc1Cl)c1ccc(C#Cc2ccc(C(F)(F)F)cc2)s1. The van der Waals surface area contributed by atoms with Gasteiger partial charge in [0.15, 0.2) is 0 Å². The van der Waals surface area contributed by atoms with Gasteiger partial charge < -0.3 is 11.5 Å². The summed E-state index contributed by atoms with van der Waals surface area (Å²) in [6.07, 6.45) is -0.102. The largest absolute Gasteiger partial charge is 0.416 e. The summed E-state index contributed by atoms with van der Waals surface area (Å²) in [5, 5.41) is 2.66. The molecule has 0 radical (unpaired) electrons. The number of allylic oxidation sites excluding steroid dienone is 1. The second-order valence-corrected chi connectivity index (χ2v) is 14.4. The van der Waals surface area contributed by atoms with Gasteiger partial charge in [0.1, 0.15) is 15.2 Å². The maximum atomic E-state index is 13.1. The smallest absolute Gasteiger partial charge is 0.402 e. The van der Waals surface area contributed by atoms with E-state index in [9.17, 15) is 17.4 Å². The maximum Gasteiger partial charge on any atom is 0.416 e. The number of alkyl halides is 3. The number of nitrogens with two attached hydrogens (primary N) is 2. The zero-order valence-electron chi connectivity index (χ0n) is 24.5. The van der Waals surface area contributed by atoms with Crippen molar-refractivity contribution in [2.75, 3.05) is 13.1 Å². The molecule has 0 amide bonds. The molecule has 13 heteroatoms. The number of rotatable bonds is 13. The van der Waals surface area contributed by atoms with Gasteiger partial charge >= 0.3 is 6.18 Å². The Balaban J connectivity index is 1.72. The molecule has 46 heavy (non-hydrogen) atoms. The van der Waals surface area contributed by atoms with Crippen LogP contribution in [0.4, 0.5) is 18.9 Å². The summed E-state index contributed by atoms with van der Waals surface area (Å²) in [6, 6.07) is 17.0. The Bertz CT molecular complexity index is 1760. The highest BCUT2D eigenvalue weighted by Crippen LogP contribution is 2.32. The van der Waals surface area contributed by atoms with Crippen molar-refractivity contribution in [2.45, 2.75) is 42.5 Å². The molecule has 242 valence electrons. The zero-order chi connectivity index (χ0) is 33.1. The molecule has 2 aromatic carbocycles. The number of thiophene rings is 2. The van der Waals surface area contributed by atoms with Crippen LogP contribution in [0.25, 0.3) is 0 Å². The highest BCUT2D eigenvalue weighted by molar-refractivity contribution is 7.85. The van der Waals surface area contributed by atoms with Crippen molar-refractivity contribution >= 4 is 68.3 Å². The molecule has 5 nitrogen and oxygen atoms in total. The molecule has 4 rings (SSSR count). The lowest BCUT2D eigenvalue weighted by Gasteiger charge is -2.16. The van der Waals surface area contributed by atoms with Gasteiger partial charge in [-0.15, -0.1) is 22.7 Å². The first-order chi connectivity index (χ1) is 22.0. The van der Waals surface area contributed by atoms with E-state index in [1.165, 1.54) is 34.8 Å². The number of halogens is 5. The van der Waals surface area contributed by atoms with Crippen molar-refractivity contribution in [3.05, 3.63) is 114 Å². The summed E-state index contributed by atoms with van der Waals surface area (Å²) in [5.74, 6) is 5.97. The van der Waals surface area contributed by atoms with Crippen LogP contribution in [0.3, 0.4) is 0 Å². The molecule has 0 fully saturated rings. The van der Waals surface area contributed by atoms with Gasteiger partial charge in [0.25, 0.3) is 0 Å². The standard InChI is InChI=1S/C33H31Cl2F3N4OS3/c34-24-13-16-29(27(35)20-24)42-32(30-17-15-25(45-30)14-10-22-8-11-23(12-9-22)33(36,37)38)26(28(40)6-3-1-2-4-18-39)21-41-46(43)31-7-5-19-44-31/h5,7-9,11-13,15-17,19-20,41H,1-4,6,18,21,39-40H2/b28-26-,42-32?. The lowest BCUT2D eigenvalue weighted by molar-refractivity contribution is -0.137. The summed E-state index contributed by atoms with van der Waals surface area (Å²) in [7, 11) is -1.48. The number of hydrogen-bond acceptors (Lipinski definition) is 6. The second kappa shape index (κ2) is 17.3. The second-order valence-electron chi connectivity index (χ2n) is 10.0. The fourth-order valence-electron chi connectivity index (χ4n) is 4.26. The van der Waals surface area contributed by atoms with E-state index >= 15 is 0 Å². The third-order valence-electron chi connectivity index (χ3n) is 6.66. The van der Waals surface area contributed by atoms with Crippen molar-refractivity contribution in [3.8, 4) is 11.8 Å². The molecular weight excluding hydrogens is 692 g/mol. The molecule has 2 aromatic heterocycles. The van der Waals surface area contributed by atoms with Gasteiger partial charge in [-0.05, 0) is 91.9 Å². The van der Waals surface area contributed by atoms with E-state index in [2.05, 4.69) is 16.6 Å². The Labute approximate surface area is 287 Å². The summed E-state index contributed by atoms with van der Waals surface area (Å²) >= 11 is 15.4. The van der Waals surface area contributed by atoms with Gasteiger partial charge in [0.05, 0.1) is 31.7 Å². The molecular formula is C33H31Cl2F3N4OS3. The maximum absolute atomic E-state index is 13.1. The molecule has 1 atom stereocenters. The summed E-state index contributed by atoms with van der Waals surface area (Å²) in [6.45, 7) is 0.795. The Kier molecular flexibility index (Phi) is 13.5. The van der Waals surface area contributed by atoms with E-state index in [1.807, 2.05) is 23.6 Å². The van der Waals surface area contributed by atoms with Crippen LogP contribution in [0.1, 0.15) is 53.0 Å². The molecule has 5 N–H and O–H groups in total. The predicted molar refractivity (Wildman–Crippen MR) is 186 cm³/mol. The normalized spacial score (nSPS) is 13.2. The fourth-order valence-corrected chi connectivity index (χ4v) is 7.35. The van der Waals surface area contributed by atoms with Crippen LogP contribution in [0.5, 0.6) is 0 Å². The minimum absolute atomic E-state index is 0.160. The zero-order valence-corrected chi connectivity index (χ0v) is 28.5. The molecule has 4 aromatic rings. The lowest BCUT2D eigenvalue weighted by Crippen LogP contribution is -2.26. The molecule has 0 bridgehead atoms. The van der Waals surface area contributed by atoms with Crippen molar-refractivity contribution in [3.63, 3.8) is 0 Å². The van der Waals surface area contributed by atoms with E-state index in [0.717, 1.165) is 42.7 Å². The Hall–Kier alpha value is -2.95. The number of nitrogens with one attached hydrogen (secondary N) is 1. The van der Waals surface area contributed by atoms with E-state index in [0.29, 0.717) is 60.3 Å². The predicted octanol–water partition coefficient (Wildman–Crippen LogP) is 9.09. The van der Waals surface area contributed by atoms with Gasteiger partial charge in [-0.3, -0.25) is 0 Å². The molecule has 1 unspecified atom stereocenters. The quantitative estimate of drug-likeness (QED) is 0.0730. The van der Waals surface area contributed by atoms with E-state index in [1.54, 1.807) is 24.3 Å². The van der Waals surface area contributed by atoms with Gasteiger partial charge in [0, 0.05) is 28.4 Å². The minimum Gasteiger partial charge on any atom is -0.402 e. The van der Waals surface area contributed by atoms with Crippen molar-refractivity contribution in [2.24, 2.45) is 16.5 Å². The first kappa shape index (κ1) is 35.9. The first-order valence-corrected chi connectivity index (χ1v) is 17.9. The third-order valence-corrected chi connectivity index (χ3v) is 10.5. The van der Waals surface area contributed by atoms with E-state index in [-0.39, 0.29) is 6.54 Å². The van der Waals surface area contributed by atoms with Crippen molar-refractivity contribution < 1.29 is 17.4 Å². The van der Waals surface area contributed by atoms with Gasteiger partial charge in [-0.2, -0.15) is 13.2 Å². The number of hydrogen-bond donors (Lipinski definition) is 3. The van der Waals surface area contributed by atoms with Crippen LogP contribution in [-0.2, 0) is 17.2 Å². The topological polar surface area (TPSA) is 93.5 Å². The molecule has 0 aliphatic heterocycles. The first-order valence-electron chi connectivity index (χ1n) is 14.2. The monoisotopic (exact) mass is 722 g/mol. The Morgan fingerprint density at radius 2 is 1.74 bits per heavy atom. The Morgan fingerprint density at radius 1 is 0.978 bits per heavy atom. The summed E-state index contributed by atoms with van der Waals surface area (Å²) < 4.78 is 55.7. The average Bonchev–Trinajstić information content (AvgIpc) is 3.73. The molecule has 0 saturated carbocycles. The number of unbranched alkanes of at least 4 members (excludes halogenated alkanes) is 3. The highest BCUT2D eigenvalue weighted by atomic mass is 35.5. The van der Waals surface area contributed by atoms with Gasteiger partial charge in [-0.1, -0.05) is 54.0 Å². The third kappa shape index (κ3) is 10.5. The summed E-state index contributed by atoms with van der Waals surface area (Å²) in [4.78, 5) is 6.34. The van der Waals surface area contributed by atoms with Crippen LogP contribution in [-0.4, -0.2) is 23.0 Å². The average molecular weight is 724 g/mol. The molecule has 0 spiro atoms. The number of aliphatic imine (C=N–C) groups is 1. The van der Waals surface area contributed by atoms with Gasteiger partial charge in [-0.25, -0.2) is 13.9 Å². The van der Waals surface area contributed by atoms with Crippen LogP contribution in [0, 0.1) is 11.8 Å². The highest BCUT2D eigenvalue weighted by Gasteiger charge is 2.29.